The van der Waals surface area contributed by atoms with E-state index < -0.39 is 0 Å². The summed E-state index contributed by atoms with van der Waals surface area (Å²) in [6, 6.07) is 2.20. The highest BCUT2D eigenvalue weighted by atomic mass is 16.5. The molecule has 0 aromatic carbocycles. The monoisotopic (exact) mass is 226 g/mol. The summed E-state index contributed by atoms with van der Waals surface area (Å²) < 4.78 is 10.5. The zero-order valence-electron chi connectivity index (χ0n) is 10.2. The SMILES string of the molecule is CCOCCN(CC)C(CN)c1ccoc1. The molecule has 2 N–H and O–H groups in total. The average Bonchev–Trinajstić information content (AvgIpc) is 2.82. The lowest BCUT2D eigenvalue weighted by atomic mass is 10.1. The van der Waals surface area contributed by atoms with Crippen molar-refractivity contribution >= 4 is 0 Å². The van der Waals surface area contributed by atoms with Crippen LogP contribution in [0.5, 0.6) is 0 Å². The molecule has 0 aliphatic carbocycles. The minimum absolute atomic E-state index is 0.226. The van der Waals surface area contributed by atoms with Crippen LogP contribution < -0.4 is 5.73 Å². The molecular weight excluding hydrogens is 204 g/mol. The van der Waals surface area contributed by atoms with E-state index in [4.69, 9.17) is 14.9 Å². The third kappa shape index (κ3) is 3.63. The molecule has 1 atom stereocenters. The van der Waals surface area contributed by atoms with Gasteiger partial charge in [-0.3, -0.25) is 4.90 Å². The fraction of sp³-hybridized carbons (Fsp3) is 0.667. The smallest absolute Gasteiger partial charge is 0.0950 e. The van der Waals surface area contributed by atoms with Crippen LogP contribution in [0.25, 0.3) is 0 Å². The van der Waals surface area contributed by atoms with E-state index >= 15 is 0 Å². The molecule has 0 aliphatic heterocycles. The van der Waals surface area contributed by atoms with E-state index in [2.05, 4.69) is 11.8 Å². The van der Waals surface area contributed by atoms with E-state index in [1.807, 2.05) is 13.0 Å². The number of furan rings is 1. The van der Waals surface area contributed by atoms with E-state index in [1.165, 1.54) is 0 Å². The van der Waals surface area contributed by atoms with Gasteiger partial charge in [0, 0.05) is 25.3 Å². The van der Waals surface area contributed by atoms with Crippen molar-refractivity contribution in [3.63, 3.8) is 0 Å². The number of ether oxygens (including phenoxy) is 1. The Hall–Kier alpha value is -0.840. The first-order valence-electron chi connectivity index (χ1n) is 5.87. The predicted molar refractivity (Wildman–Crippen MR) is 64.2 cm³/mol. The molecule has 0 fully saturated rings. The van der Waals surface area contributed by atoms with Crippen molar-refractivity contribution in [1.29, 1.82) is 0 Å². The lowest BCUT2D eigenvalue weighted by Crippen LogP contribution is -2.35. The van der Waals surface area contributed by atoms with Gasteiger partial charge in [0.15, 0.2) is 0 Å². The van der Waals surface area contributed by atoms with Gasteiger partial charge in [0.2, 0.25) is 0 Å². The Bertz CT molecular complexity index is 262. The number of nitrogens with zero attached hydrogens (tertiary/aromatic N) is 1. The Labute approximate surface area is 97.4 Å². The van der Waals surface area contributed by atoms with Gasteiger partial charge in [-0.15, -0.1) is 0 Å². The van der Waals surface area contributed by atoms with E-state index in [1.54, 1.807) is 12.5 Å². The van der Waals surface area contributed by atoms with Crippen LogP contribution in [0, 0.1) is 0 Å². The molecular formula is C12H22N2O2. The van der Waals surface area contributed by atoms with Crippen molar-refractivity contribution in [2.45, 2.75) is 19.9 Å². The number of hydrogen-bond acceptors (Lipinski definition) is 4. The number of rotatable bonds is 8. The molecule has 4 nitrogen and oxygen atoms in total. The van der Waals surface area contributed by atoms with Crippen LogP contribution in [0.15, 0.2) is 23.0 Å². The molecule has 0 saturated carbocycles. The summed E-state index contributed by atoms with van der Waals surface area (Å²) in [5.41, 5.74) is 6.96. The molecule has 1 rings (SSSR count). The summed E-state index contributed by atoms with van der Waals surface area (Å²) in [6.07, 6.45) is 3.45. The molecule has 1 aromatic heterocycles. The zero-order valence-corrected chi connectivity index (χ0v) is 10.2. The van der Waals surface area contributed by atoms with Crippen LogP contribution in [0.1, 0.15) is 25.5 Å². The summed E-state index contributed by atoms with van der Waals surface area (Å²) >= 11 is 0. The van der Waals surface area contributed by atoms with Crippen molar-refractivity contribution in [2.24, 2.45) is 5.73 Å². The molecule has 0 spiro atoms. The molecule has 0 aliphatic rings. The average molecular weight is 226 g/mol. The molecule has 1 aromatic rings. The van der Waals surface area contributed by atoms with E-state index in [-0.39, 0.29) is 6.04 Å². The van der Waals surface area contributed by atoms with Gasteiger partial charge in [-0.05, 0) is 19.5 Å². The molecule has 0 bridgehead atoms. The van der Waals surface area contributed by atoms with Gasteiger partial charge in [-0.2, -0.15) is 0 Å². The number of nitrogens with two attached hydrogens (primary N) is 1. The third-order valence-electron chi connectivity index (χ3n) is 2.73. The van der Waals surface area contributed by atoms with Crippen molar-refractivity contribution in [2.75, 3.05) is 32.8 Å². The van der Waals surface area contributed by atoms with E-state index in [9.17, 15) is 0 Å². The molecule has 0 saturated heterocycles. The van der Waals surface area contributed by atoms with E-state index in [0.29, 0.717) is 6.54 Å². The van der Waals surface area contributed by atoms with Gasteiger partial charge < -0.3 is 14.9 Å². The van der Waals surface area contributed by atoms with Crippen LogP contribution in [0.2, 0.25) is 0 Å². The topological polar surface area (TPSA) is 51.6 Å². The van der Waals surface area contributed by atoms with Gasteiger partial charge >= 0.3 is 0 Å². The minimum Gasteiger partial charge on any atom is -0.472 e. The van der Waals surface area contributed by atoms with Gasteiger partial charge in [-0.1, -0.05) is 6.92 Å². The van der Waals surface area contributed by atoms with Crippen molar-refractivity contribution in [3.05, 3.63) is 24.2 Å². The second-order valence-corrected chi connectivity index (χ2v) is 3.63. The highest BCUT2D eigenvalue weighted by Crippen LogP contribution is 2.19. The molecule has 4 heteroatoms. The lowest BCUT2D eigenvalue weighted by molar-refractivity contribution is 0.0979. The Morgan fingerprint density at radius 1 is 1.50 bits per heavy atom. The minimum atomic E-state index is 0.226. The van der Waals surface area contributed by atoms with Crippen molar-refractivity contribution in [3.8, 4) is 0 Å². The lowest BCUT2D eigenvalue weighted by Gasteiger charge is -2.28. The number of hydrogen-bond donors (Lipinski definition) is 1. The van der Waals surface area contributed by atoms with Crippen LogP contribution in [0.3, 0.4) is 0 Å². The second kappa shape index (κ2) is 7.44. The first-order valence-corrected chi connectivity index (χ1v) is 5.87. The predicted octanol–water partition coefficient (Wildman–Crippen LogP) is 1.64. The molecule has 92 valence electrons. The Balaban J connectivity index is 2.54. The normalized spacial score (nSPS) is 13.2. The fourth-order valence-corrected chi connectivity index (χ4v) is 1.82. The molecule has 0 amide bonds. The fourth-order valence-electron chi connectivity index (χ4n) is 1.82. The Morgan fingerprint density at radius 3 is 2.81 bits per heavy atom. The largest absolute Gasteiger partial charge is 0.472 e. The zero-order chi connectivity index (χ0) is 11.8. The van der Waals surface area contributed by atoms with Crippen LogP contribution >= 0.6 is 0 Å². The third-order valence-corrected chi connectivity index (χ3v) is 2.73. The van der Waals surface area contributed by atoms with Crippen LogP contribution in [-0.4, -0.2) is 37.7 Å². The summed E-state index contributed by atoms with van der Waals surface area (Å²) in [5, 5.41) is 0. The maximum absolute atomic E-state index is 5.82. The summed E-state index contributed by atoms with van der Waals surface area (Å²) in [7, 11) is 0. The Morgan fingerprint density at radius 2 is 2.31 bits per heavy atom. The first-order chi connectivity index (χ1) is 7.83. The maximum Gasteiger partial charge on any atom is 0.0950 e. The quantitative estimate of drug-likeness (QED) is 0.685. The summed E-state index contributed by atoms with van der Waals surface area (Å²) in [6.45, 7) is 8.10. The van der Waals surface area contributed by atoms with Gasteiger partial charge in [-0.25, -0.2) is 0 Å². The van der Waals surface area contributed by atoms with E-state index in [0.717, 1.165) is 31.9 Å². The standard InChI is InChI=1S/C12H22N2O2/c1-3-14(6-8-15-4-2)12(9-13)11-5-7-16-10-11/h5,7,10,12H,3-4,6,8-9,13H2,1-2H3. The number of likely N-dealkylation sites (N-methyl/N-ethyl adjacent to an activating group) is 1. The summed E-state index contributed by atoms with van der Waals surface area (Å²) in [5.74, 6) is 0. The Kier molecular flexibility index (Phi) is 6.15. The summed E-state index contributed by atoms with van der Waals surface area (Å²) in [4.78, 5) is 2.31. The van der Waals surface area contributed by atoms with Gasteiger partial charge in [0.25, 0.3) is 0 Å². The van der Waals surface area contributed by atoms with Crippen molar-refractivity contribution in [1.82, 2.24) is 4.90 Å². The first kappa shape index (κ1) is 13.2. The van der Waals surface area contributed by atoms with Crippen LogP contribution in [0.4, 0.5) is 0 Å². The van der Waals surface area contributed by atoms with Gasteiger partial charge in [0.05, 0.1) is 25.2 Å². The molecule has 0 radical (unpaired) electrons. The highest BCUT2D eigenvalue weighted by Gasteiger charge is 2.18. The van der Waals surface area contributed by atoms with Crippen LogP contribution in [-0.2, 0) is 4.74 Å². The second-order valence-electron chi connectivity index (χ2n) is 3.63. The molecule has 1 heterocycles. The molecule has 16 heavy (non-hydrogen) atoms. The van der Waals surface area contributed by atoms with Crippen molar-refractivity contribution < 1.29 is 9.15 Å². The van der Waals surface area contributed by atoms with Gasteiger partial charge in [0.1, 0.15) is 0 Å². The maximum atomic E-state index is 5.82. The molecule has 1 unspecified atom stereocenters. The highest BCUT2D eigenvalue weighted by molar-refractivity contribution is 5.12.